The third-order valence-corrected chi connectivity index (χ3v) is 5.91. The zero-order chi connectivity index (χ0) is 23.0. The third-order valence-electron chi connectivity index (χ3n) is 5.60. The molecule has 4 heterocycles. The van der Waals surface area contributed by atoms with E-state index in [1.807, 2.05) is 4.90 Å². The Morgan fingerprint density at radius 3 is 2.62 bits per heavy atom. The molecule has 0 aromatic carbocycles. The average molecular weight is 456 g/mol. The molecule has 3 atom stereocenters. The highest BCUT2D eigenvalue weighted by Crippen LogP contribution is 2.27. The number of likely N-dealkylation sites (tertiary alicyclic amines) is 1. The monoisotopic (exact) mass is 455 g/mol. The highest BCUT2D eigenvalue weighted by Gasteiger charge is 2.26. The van der Waals surface area contributed by atoms with Crippen LogP contribution in [0.3, 0.4) is 0 Å². The summed E-state index contributed by atoms with van der Waals surface area (Å²) in [5, 5.41) is 0.350. The fourth-order valence-electron chi connectivity index (χ4n) is 4.29. The van der Waals surface area contributed by atoms with Crippen LogP contribution < -0.4 is 10.3 Å². The molecule has 0 radical (unpaired) electrons. The molecule has 1 saturated heterocycles. The average Bonchev–Trinajstić information content (AvgIpc) is 2.72. The Hall–Kier alpha value is -3.00. The first-order valence-electron chi connectivity index (χ1n) is 10.7. The van der Waals surface area contributed by atoms with E-state index in [1.54, 1.807) is 32.0 Å². The maximum atomic E-state index is 12.8. The summed E-state index contributed by atoms with van der Waals surface area (Å²) in [6, 6.07) is 4.98. The molecule has 3 aromatic rings. The predicted molar refractivity (Wildman–Crippen MR) is 122 cm³/mol. The number of rotatable bonds is 4. The summed E-state index contributed by atoms with van der Waals surface area (Å²) in [5.74, 6) is 1.79. The molecule has 0 spiro atoms. The topological polar surface area (TPSA) is 101 Å². The van der Waals surface area contributed by atoms with Crippen molar-refractivity contribution in [2.75, 3.05) is 13.1 Å². The Balaban J connectivity index is 1.50. The van der Waals surface area contributed by atoms with Crippen molar-refractivity contribution >= 4 is 28.5 Å². The van der Waals surface area contributed by atoms with E-state index in [0.717, 1.165) is 19.5 Å². The standard InChI is InChI=1S/C23H26ClN5O3/c1-12-7-13(2)11-29(10-12)23(31)16-5-6-19(25-9-16)32-14(3)20-17(24)8-18-21(28-20)22(30)27-15(4)26-18/h5-6,8-9,12-14H,7,10-11H2,1-4H3,(H,26,27,30). The van der Waals surface area contributed by atoms with Gasteiger partial charge < -0.3 is 14.6 Å². The molecule has 8 nitrogen and oxygen atoms in total. The van der Waals surface area contributed by atoms with Crippen LogP contribution in [0.25, 0.3) is 11.0 Å². The second-order valence-electron chi connectivity index (χ2n) is 8.68. The number of carbonyl (C=O) groups is 1. The van der Waals surface area contributed by atoms with Gasteiger partial charge in [0.05, 0.1) is 16.1 Å². The Labute approximate surface area is 191 Å². The lowest BCUT2D eigenvalue weighted by molar-refractivity contribution is 0.0622. The second-order valence-corrected chi connectivity index (χ2v) is 9.08. The minimum absolute atomic E-state index is 0.0169. The van der Waals surface area contributed by atoms with E-state index in [0.29, 0.717) is 45.3 Å². The lowest BCUT2D eigenvalue weighted by Gasteiger charge is -2.35. The van der Waals surface area contributed by atoms with E-state index in [4.69, 9.17) is 16.3 Å². The summed E-state index contributed by atoms with van der Waals surface area (Å²) in [6.07, 6.45) is 2.10. The predicted octanol–water partition coefficient (Wildman–Crippen LogP) is 3.93. The normalized spacial score (nSPS) is 19.7. The minimum atomic E-state index is -0.564. The number of aromatic nitrogens is 4. The first-order valence-corrected chi connectivity index (χ1v) is 11.1. The van der Waals surface area contributed by atoms with E-state index >= 15 is 0 Å². The minimum Gasteiger partial charge on any atom is -0.468 e. The van der Waals surface area contributed by atoms with E-state index < -0.39 is 6.10 Å². The van der Waals surface area contributed by atoms with Crippen molar-refractivity contribution in [3.63, 3.8) is 0 Å². The third kappa shape index (κ3) is 4.60. The Morgan fingerprint density at radius 1 is 1.25 bits per heavy atom. The highest BCUT2D eigenvalue weighted by molar-refractivity contribution is 6.31. The maximum absolute atomic E-state index is 12.8. The second kappa shape index (κ2) is 8.86. The van der Waals surface area contributed by atoms with Gasteiger partial charge in [0, 0.05) is 25.4 Å². The molecule has 1 amide bonds. The van der Waals surface area contributed by atoms with Gasteiger partial charge in [0.15, 0.2) is 5.52 Å². The highest BCUT2D eigenvalue weighted by atomic mass is 35.5. The Morgan fingerprint density at radius 2 is 1.97 bits per heavy atom. The zero-order valence-corrected chi connectivity index (χ0v) is 19.3. The number of pyridine rings is 2. The molecule has 1 aliphatic heterocycles. The number of carbonyl (C=O) groups excluding carboxylic acids is 1. The number of ether oxygens (including phenoxy) is 1. The van der Waals surface area contributed by atoms with Crippen LogP contribution >= 0.6 is 11.6 Å². The van der Waals surface area contributed by atoms with Crippen molar-refractivity contribution in [3.05, 3.63) is 56.9 Å². The van der Waals surface area contributed by atoms with E-state index in [9.17, 15) is 9.59 Å². The molecule has 3 unspecified atom stereocenters. The van der Waals surface area contributed by atoms with Crippen LogP contribution in [-0.4, -0.2) is 43.8 Å². The number of hydrogen-bond acceptors (Lipinski definition) is 6. The van der Waals surface area contributed by atoms with E-state index in [2.05, 4.69) is 33.8 Å². The molecule has 0 saturated carbocycles. The molecule has 9 heteroatoms. The van der Waals surface area contributed by atoms with Gasteiger partial charge >= 0.3 is 0 Å². The molecular formula is C23H26ClN5O3. The lowest BCUT2D eigenvalue weighted by Crippen LogP contribution is -2.42. The van der Waals surface area contributed by atoms with Gasteiger partial charge in [-0.3, -0.25) is 9.59 Å². The number of fused-ring (bicyclic) bond motifs is 1. The molecule has 1 N–H and O–H groups in total. The number of aryl methyl sites for hydroxylation is 1. The van der Waals surface area contributed by atoms with E-state index in [1.165, 1.54) is 6.20 Å². The summed E-state index contributed by atoms with van der Waals surface area (Å²) in [5.41, 5.74) is 1.23. The number of amides is 1. The van der Waals surface area contributed by atoms with Crippen molar-refractivity contribution in [1.29, 1.82) is 0 Å². The summed E-state index contributed by atoms with van der Waals surface area (Å²) < 4.78 is 5.89. The first-order chi connectivity index (χ1) is 15.2. The molecule has 32 heavy (non-hydrogen) atoms. The first kappa shape index (κ1) is 22.2. The molecular weight excluding hydrogens is 430 g/mol. The van der Waals surface area contributed by atoms with Crippen LogP contribution in [0.2, 0.25) is 5.02 Å². The van der Waals surface area contributed by atoms with Crippen LogP contribution in [0.4, 0.5) is 0 Å². The number of halogens is 1. The molecule has 0 bridgehead atoms. The van der Waals surface area contributed by atoms with Crippen LogP contribution in [0.15, 0.2) is 29.2 Å². The molecule has 168 valence electrons. The summed E-state index contributed by atoms with van der Waals surface area (Å²) in [4.78, 5) is 42.5. The smallest absolute Gasteiger partial charge is 0.277 e. The van der Waals surface area contributed by atoms with Gasteiger partial charge in [0.25, 0.3) is 11.5 Å². The number of nitrogens with zero attached hydrogens (tertiary/aromatic N) is 4. The number of aromatic amines is 1. The molecule has 1 fully saturated rings. The maximum Gasteiger partial charge on any atom is 0.277 e. The summed E-state index contributed by atoms with van der Waals surface area (Å²) >= 11 is 6.38. The summed E-state index contributed by atoms with van der Waals surface area (Å²) in [7, 11) is 0. The van der Waals surface area contributed by atoms with Crippen LogP contribution in [0.1, 0.15) is 55.2 Å². The van der Waals surface area contributed by atoms with Crippen LogP contribution in [-0.2, 0) is 0 Å². The van der Waals surface area contributed by atoms with Gasteiger partial charge in [0.1, 0.15) is 17.6 Å². The van der Waals surface area contributed by atoms with Crippen molar-refractivity contribution in [2.24, 2.45) is 11.8 Å². The molecule has 0 aliphatic carbocycles. The van der Waals surface area contributed by atoms with Gasteiger partial charge in [-0.2, -0.15) is 0 Å². The molecule has 1 aliphatic rings. The van der Waals surface area contributed by atoms with Gasteiger partial charge in [-0.25, -0.2) is 15.0 Å². The van der Waals surface area contributed by atoms with Crippen LogP contribution in [0.5, 0.6) is 5.88 Å². The number of H-pyrrole nitrogens is 1. The van der Waals surface area contributed by atoms with E-state index in [-0.39, 0.29) is 17.0 Å². The lowest BCUT2D eigenvalue weighted by atomic mass is 9.91. The van der Waals surface area contributed by atoms with Crippen molar-refractivity contribution in [2.45, 2.75) is 40.2 Å². The van der Waals surface area contributed by atoms with Gasteiger partial charge in [-0.1, -0.05) is 25.4 Å². The Kier molecular flexibility index (Phi) is 6.15. The van der Waals surface area contributed by atoms with Gasteiger partial charge in [-0.15, -0.1) is 0 Å². The van der Waals surface area contributed by atoms with Crippen molar-refractivity contribution in [1.82, 2.24) is 24.8 Å². The molecule has 4 rings (SSSR count). The number of piperidine rings is 1. The van der Waals surface area contributed by atoms with Crippen molar-refractivity contribution < 1.29 is 9.53 Å². The fraction of sp³-hybridized carbons (Fsp3) is 0.435. The van der Waals surface area contributed by atoms with Crippen molar-refractivity contribution in [3.8, 4) is 5.88 Å². The van der Waals surface area contributed by atoms with Gasteiger partial charge in [0.2, 0.25) is 5.88 Å². The van der Waals surface area contributed by atoms with Gasteiger partial charge in [-0.05, 0) is 44.2 Å². The quantitative estimate of drug-likeness (QED) is 0.639. The number of nitrogens with one attached hydrogen (secondary N) is 1. The van der Waals surface area contributed by atoms with Crippen LogP contribution in [0, 0.1) is 18.8 Å². The largest absolute Gasteiger partial charge is 0.468 e. The summed E-state index contributed by atoms with van der Waals surface area (Å²) in [6.45, 7) is 9.33. The Bertz CT molecular complexity index is 1200. The SMILES string of the molecule is Cc1nc2cc(Cl)c(C(C)Oc3ccc(C(=O)N4CC(C)CC(C)C4)cn3)nc2c(=O)[nH]1. The fourth-order valence-corrected chi connectivity index (χ4v) is 4.59. The zero-order valence-electron chi connectivity index (χ0n) is 18.6. The molecule has 3 aromatic heterocycles. The number of hydrogen-bond donors (Lipinski definition) is 1.